The Bertz CT molecular complexity index is 479. The zero-order chi connectivity index (χ0) is 13.1. The lowest BCUT2D eigenvalue weighted by atomic mass is 9.97. The maximum absolute atomic E-state index is 11.0. The highest BCUT2D eigenvalue weighted by Gasteiger charge is 2.21. The van der Waals surface area contributed by atoms with Gasteiger partial charge in [-0.05, 0) is 30.4 Å². The lowest BCUT2D eigenvalue weighted by Crippen LogP contribution is -2.08. The molecule has 18 heavy (non-hydrogen) atoms. The molecule has 1 amide bonds. The summed E-state index contributed by atoms with van der Waals surface area (Å²) < 4.78 is 0. The predicted molar refractivity (Wildman–Crippen MR) is 68.6 cm³/mol. The zero-order valence-electron chi connectivity index (χ0n) is 10.3. The van der Waals surface area contributed by atoms with E-state index in [0.29, 0.717) is 5.92 Å². The Morgan fingerprint density at radius 1 is 1.39 bits per heavy atom. The molecule has 1 N–H and O–H groups in total. The van der Waals surface area contributed by atoms with Gasteiger partial charge < -0.3 is 5.32 Å². The normalized spacial score (nSPS) is 15.6. The van der Waals surface area contributed by atoms with Gasteiger partial charge in [0.25, 0.3) is 5.69 Å². The molecular formula is C13H16N2O3. The van der Waals surface area contributed by atoms with Crippen molar-refractivity contribution in [2.75, 3.05) is 5.32 Å². The van der Waals surface area contributed by atoms with E-state index in [1.54, 1.807) is 12.1 Å². The van der Waals surface area contributed by atoms with E-state index in [4.69, 9.17) is 0 Å². The third kappa shape index (κ3) is 2.67. The number of carbonyl (C=O) groups is 1. The summed E-state index contributed by atoms with van der Waals surface area (Å²) in [4.78, 5) is 21.6. The Morgan fingerprint density at radius 2 is 2.06 bits per heavy atom. The van der Waals surface area contributed by atoms with Gasteiger partial charge in [-0.1, -0.05) is 18.9 Å². The summed E-state index contributed by atoms with van der Waals surface area (Å²) in [5, 5.41) is 13.5. The third-order valence-corrected chi connectivity index (χ3v) is 3.36. The molecule has 2 rings (SSSR count). The first kappa shape index (κ1) is 12.5. The molecule has 0 bridgehead atoms. The number of hydrogen-bond acceptors (Lipinski definition) is 3. The van der Waals surface area contributed by atoms with Gasteiger partial charge in [-0.15, -0.1) is 0 Å². The van der Waals surface area contributed by atoms with Gasteiger partial charge in [0, 0.05) is 13.0 Å². The van der Waals surface area contributed by atoms with Crippen LogP contribution in [0.4, 0.5) is 11.4 Å². The summed E-state index contributed by atoms with van der Waals surface area (Å²) >= 11 is 0. The summed E-state index contributed by atoms with van der Waals surface area (Å²) in [5.74, 6) is 0.127. The van der Waals surface area contributed by atoms with E-state index in [0.717, 1.165) is 18.4 Å². The molecule has 1 aromatic rings. The molecule has 1 fully saturated rings. The molecule has 5 heteroatoms. The quantitative estimate of drug-likeness (QED) is 0.659. The van der Waals surface area contributed by atoms with Crippen molar-refractivity contribution in [3.05, 3.63) is 33.9 Å². The number of nitro benzene ring substituents is 1. The molecule has 1 saturated carbocycles. The van der Waals surface area contributed by atoms with Crippen LogP contribution in [-0.4, -0.2) is 10.8 Å². The van der Waals surface area contributed by atoms with Crippen LogP contribution in [0.3, 0.4) is 0 Å². The van der Waals surface area contributed by atoms with Crippen LogP contribution in [0.2, 0.25) is 0 Å². The van der Waals surface area contributed by atoms with Gasteiger partial charge in [-0.25, -0.2) is 0 Å². The second-order valence-electron chi connectivity index (χ2n) is 4.70. The highest BCUT2D eigenvalue weighted by Crippen LogP contribution is 2.37. The Balaban J connectivity index is 2.33. The number of rotatable bonds is 3. The Hall–Kier alpha value is -1.91. The second kappa shape index (κ2) is 5.16. The number of benzene rings is 1. The number of nitrogens with one attached hydrogen (secondary N) is 1. The molecule has 0 aromatic heterocycles. The topological polar surface area (TPSA) is 72.2 Å². The Kier molecular flexibility index (Phi) is 3.60. The maximum atomic E-state index is 11.0. The minimum absolute atomic E-state index is 0.0189. The number of hydrogen-bond donors (Lipinski definition) is 1. The Morgan fingerprint density at radius 3 is 2.61 bits per heavy atom. The van der Waals surface area contributed by atoms with E-state index in [1.807, 2.05) is 6.07 Å². The fraction of sp³-hybridized carbons (Fsp3) is 0.462. The van der Waals surface area contributed by atoms with Crippen molar-refractivity contribution >= 4 is 17.3 Å². The molecule has 0 atom stereocenters. The summed E-state index contributed by atoms with van der Waals surface area (Å²) in [6.07, 6.45) is 4.56. The smallest absolute Gasteiger partial charge is 0.293 e. The van der Waals surface area contributed by atoms with E-state index in [9.17, 15) is 14.9 Å². The van der Waals surface area contributed by atoms with Crippen molar-refractivity contribution in [1.29, 1.82) is 0 Å². The monoisotopic (exact) mass is 248 g/mol. The maximum Gasteiger partial charge on any atom is 0.293 e. The van der Waals surface area contributed by atoms with Crippen LogP contribution in [-0.2, 0) is 4.79 Å². The third-order valence-electron chi connectivity index (χ3n) is 3.36. The van der Waals surface area contributed by atoms with Gasteiger partial charge in [-0.3, -0.25) is 14.9 Å². The van der Waals surface area contributed by atoms with E-state index >= 15 is 0 Å². The lowest BCUT2D eigenvalue weighted by molar-refractivity contribution is -0.384. The molecule has 0 aliphatic heterocycles. The van der Waals surface area contributed by atoms with Crippen LogP contribution < -0.4 is 5.32 Å². The van der Waals surface area contributed by atoms with E-state index in [2.05, 4.69) is 5.32 Å². The molecule has 5 nitrogen and oxygen atoms in total. The van der Waals surface area contributed by atoms with Crippen molar-refractivity contribution in [1.82, 2.24) is 0 Å². The molecule has 1 aromatic carbocycles. The molecule has 1 aliphatic carbocycles. The van der Waals surface area contributed by atoms with E-state index in [1.165, 1.54) is 19.8 Å². The van der Waals surface area contributed by atoms with E-state index < -0.39 is 4.92 Å². The van der Waals surface area contributed by atoms with Gasteiger partial charge >= 0.3 is 0 Å². The van der Waals surface area contributed by atoms with Gasteiger partial charge in [0.1, 0.15) is 5.69 Å². The molecule has 0 unspecified atom stereocenters. The average molecular weight is 248 g/mol. The standard InChI is InChI=1S/C13H16N2O3/c1-9(16)14-12-7-6-11(8-13(12)15(17)18)10-4-2-3-5-10/h6-8,10H,2-5H2,1H3,(H,14,16). The van der Waals surface area contributed by atoms with Crippen molar-refractivity contribution in [3.63, 3.8) is 0 Å². The van der Waals surface area contributed by atoms with Crippen LogP contribution in [0.25, 0.3) is 0 Å². The number of anilines is 1. The van der Waals surface area contributed by atoms with Crippen molar-refractivity contribution < 1.29 is 9.72 Å². The van der Waals surface area contributed by atoms with Gasteiger partial charge in [-0.2, -0.15) is 0 Å². The van der Waals surface area contributed by atoms with Crippen molar-refractivity contribution in [2.45, 2.75) is 38.5 Å². The van der Waals surface area contributed by atoms with Crippen LogP contribution in [0.5, 0.6) is 0 Å². The number of nitrogens with zero attached hydrogens (tertiary/aromatic N) is 1. The average Bonchev–Trinajstić information content (AvgIpc) is 2.82. The summed E-state index contributed by atoms with van der Waals surface area (Å²) in [6.45, 7) is 1.34. The molecule has 0 spiro atoms. The van der Waals surface area contributed by atoms with Gasteiger partial charge in [0.15, 0.2) is 0 Å². The van der Waals surface area contributed by atoms with Crippen LogP contribution in [0.15, 0.2) is 18.2 Å². The molecule has 0 saturated heterocycles. The number of amides is 1. The Labute approximate surface area is 105 Å². The first-order chi connectivity index (χ1) is 8.58. The van der Waals surface area contributed by atoms with Crippen LogP contribution in [0, 0.1) is 10.1 Å². The fourth-order valence-electron chi connectivity index (χ4n) is 2.51. The van der Waals surface area contributed by atoms with Crippen molar-refractivity contribution in [3.8, 4) is 0 Å². The van der Waals surface area contributed by atoms with Gasteiger partial charge in [0.05, 0.1) is 4.92 Å². The molecule has 0 heterocycles. The first-order valence-corrected chi connectivity index (χ1v) is 6.14. The fourth-order valence-corrected chi connectivity index (χ4v) is 2.51. The second-order valence-corrected chi connectivity index (χ2v) is 4.70. The van der Waals surface area contributed by atoms with Crippen LogP contribution >= 0.6 is 0 Å². The first-order valence-electron chi connectivity index (χ1n) is 6.14. The highest BCUT2D eigenvalue weighted by atomic mass is 16.6. The van der Waals surface area contributed by atoms with Gasteiger partial charge in [0.2, 0.25) is 5.91 Å². The number of nitro groups is 1. The number of carbonyl (C=O) groups excluding carboxylic acids is 1. The molecule has 0 radical (unpaired) electrons. The zero-order valence-corrected chi connectivity index (χ0v) is 10.3. The highest BCUT2D eigenvalue weighted by molar-refractivity contribution is 5.91. The summed E-state index contributed by atoms with van der Waals surface area (Å²) in [7, 11) is 0. The van der Waals surface area contributed by atoms with Crippen molar-refractivity contribution in [2.24, 2.45) is 0 Å². The molecule has 96 valence electrons. The van der Waals surface area contributed by atoms with Crippen LogP contribution in [0.1, 0.15) is 44.1 Å². The molecule has 1 aliphatic rings. The minimum Gasteiger partial charge on any atom is -0.321 e. The minimum atomic E-state index is -0.441. The summed E-state index contributed by atoms with van der Waals surface area (Å²) in [6, 6.07) is 5.11. The van der Waals surface area contributed by atoms with E-state index in [-0.39, 0.29) is 17.3 Å². The lowest BCUT2D eigenvalue weighted by Gasteiger charge is -2.11. The summed E-state index contributed by atoms with van der Waals surface area (Å²) in [5.41, 5.74) is 1.26. The molecular weight excluding hydrogens is 232 g/mol. The SMILES string of the molecule is CC(=O)Nc1ccc(C2CCCC2)cc1[N+](=O)[O-]. The largest absolute Gasteiger partial charge is 0.321 e. The predicted octanol–water partition coefficient (Wildman–Crippen LogP) is 3.21.